The lowest BCUT2D eigenvalue weighted by Crippen LogP contribution is -2.08. The second-order valence-electron chi connectivity index (χ2n) is 9.76. The average molecular weight is 588 g/mol. The van der Waals surface area contributed by atoms with Gasteiger partial charge < -0.3 is 28.3 Å². The molecule has 5 rings (SSSR count). The van der Waals surface area contributed by atoms with Gasteiger partial charge in [-0.2, -0.15) is 0 Å². The van der Waals surface area contributed by atoms with Crippen LogP contribution in [0.25, 0.3) is 16.9 Å². The first-order chi connectivity index (χ1) is 21.6. The van der Waals surface area contributed by atoms with Crippen LogP contribution in [0.5, 0.6) is 11.5 Å². The van der Waals surface area contributed by atoms with Crippen molar-refractivity contribution in [2.75, 3.05) is 27.8 Å². The third kappa shape index (κ3) is 6.84. The standard InChI is InChI=1S/C37H33NO6/c1-27-35(37(39)42-24-28-14-6-4-7-15-28)32(23-22-29-16-10-12-20-33(29)43-25-40-2)36(38(27)30-17-8-5-9-18-30)31-19-11-13-21-34(31)44-26-41-3/h4-21H,24-26H2,1-3H3. The van der Waals surface area contributed by atoms with Gasteiger partial charge in [0.1, 0.15) is 18.1 Å². The number of esters is 1. The number of methoxy groups -OCH3 is 2. The zero-order chi connectivity index (χ0) is 30.7. The Balaban J connectivity index is 1.75. The summed E-state index contributed by atoms with van der Waals surface area (Å²) in [4.78, 5) is 14.0. The van der Waals surface area contributed by atoms with Crippen LogP contribution in [-0.2, 0) is 20.8 Å². The summed E-state index contributed by atoms with van der Waals surface area (Å²) < 4.78 is 30.0. The van der Waals surface area contributed by atoms with E-state index in [0.717, 1.165) is 16.8 Å². The third-order valence-electron chi connectivity index (χ3n) is 6.85. The highest BCUT2D eigenvalue weighted by Crippen LogP contribution is 2.39. The van der Waals surface area contributed by atoms with E-state index >= 15 is 0 Å². The molecule has 4 aromatic carbocycles. The van der Waals surface area contributed by atoms with Gasteiger partial charge in [-0.15, -0.1) is 0 Å². The molecule has 0 radical (unpaired) electrons. The van der Waals surface area contributed by atoms with Gasteiger partial charge in [0.15, 0.2) is 13.6 Å². The highest BCUT2D eigenvalue weighted by Gasteiger charge is 2.28. The lowest BCUT2D eigenvalue weighted by atomic mass is 10.0. The van der Waals surface area contributed by atoms with E-state index in [1.54, 1.807) is 14.2 Å². The summed E-state index contributed by atoms with van der Waals surface area (Å²) in [6.45, 7) is 2.15. The molecular formula is C37H33NO6. The second-order valence-corrected chi connectivity index (χ2v) is 9.76. The molecule has 0 saturated heterocycles. The number of carbonyl (C=O) groups is 1. The number of ether oxygens (including phenoxy) is 5. The van der Waals surface area contributed by atoms with Crippen LogP contribution in [0.1, 0.15) is 32.7 Å². The molecule has 1 aromatic heterocycles. The molecule has 7 nitrogen and oxygen atoms in total. The van der Waals surface area contributed by atoms with Crippen molar-refractivity contribution in [1.82, 2.24) is 4.57 Å². The number of carbonyl (C=O) groups excluding carboxylic acids is 1. The van der Waals surface area contributed by atoms with E-state index in [4.69, 9.17) is 23.7 Å². The molecule has 0 saturated carbocycles. The summed E-state index contributed by atoms with van der Waals surface area (Å²) in [6.07, 6.45) is 0. The van der Waals surface area contributed by atoms with E-state index in [-0.39, 0.29) is 20.2 Å². The normalized spacial score (nSPS) is 10.5. The Hall–Kier alpha value is -5.29. The van der Waals surface area contributed by atoms with E-state index < -0.39 is 5.97 Å². The van der Waals surface area contributed by atoms with E-state index in [9.17, 15) is 4.79 Å². The summed E-state index contributed by atoms with van der Waals surface area (Å²) >= 11 is 0. The predicted octanol–water partition coefficient (Wildman–Crippen LogP) is 7.17. The summed E-state index contributed by atoms with van der Waals surface area (Å²) in [5.74, 6) is 7.25. The average Bonchev–Trinajstić information content (AvgIpc) is 3.37. The molecule has 7 heteroatoms. The van der Waals surface area contributed by atoms with Gasteiger partial charge in [0.05, 0.1) is 22.4 Å². The Morgan fingerprint density at radius 2 is 1.30 bits per heavy atom. The first-order valence-corrected chi connectivity index (χ1v) is 14.1. The van der Waals surface area contributed by atoms with Crippen LogP contribution in [0.15, 0.2) is 109 Å². The van der Waals surface area contributed by atoms with Gasteiger partial charge in [-0.05, 0) is 48.9 Å². The Kier molecular flexibility index (Phi) is 10.1. The molecule has 0 spiro atoms. The van der Waals surface area contributed by atoms with Crippen LogP contribution in [-0.4, -0.2) is 38.3 Å². The highest BCUT2D eigenvalue weighted by atomic mass is 16.7. The van der Waals surface area contributed by atoms with E-state index in [2.05, 4.69) is 11.8 Å². The van der Waals surface area contributed by atoms with Crippen LogP contribution in [0.3, 0.4) is 0 Å². The van der Waals surface area contributed by atoms with Crippen molar-refractivity contribution in [2.45, 2.75) is 13.5 Å². The topological polar surface area (TPSA) is 68.2 Å². The summed E-state index contributed by atoms with van der Waals surface area (Å²) in [7, 11) is 3.13. The number of hydrogen-bond acceptors (Lipinski definition) is 6. The molecule has 222 valence electrons. The van der Waals surface area contributed by atoms with Crippen molar-refractivity contribution in [3.63, 3.8) is 0 Å². The van der Waals surface area contributed by atoms with Gasteiger partial charge in [-0.25, -0.2) is 4.79 Å². The minimum Gasteiger partial charge on any atom is -0.467 e. The molecule has 0 unspecified atom stereocenters. The van der Waals surface area contributed by atoms with Crippen LogP contribution in [0.4, 0.5) is 0 Å². The summed E-state index contributed by atoms with van der Waals surface area (Å²) in [5, 5.41) is 0. The molecule has 0 aliphatic rings. The maximum Gasteiger partial charge on any atom is 0.341 e. The third-order valence-corrected chi connectivity index (χ3v) is 6.85. The Morgan fingerprint density at radius 1 is 0.705 bits per heavy atom. The quantitative estimate of drug-likeness (QED) is 0.0927. The summed E-state index contributed by atoms with van der Waals surface area (Å²) in [5.41, 5.74) is 5.37. The van der Waals surface area contributed by atoms with Gasteiger partial charge in [0.25, 0.3) is 0 Å². The molecule has 5 aromatic rings. The zero-order valence-electron chi connectivity index (χ0n) is 24.9. The van der Waals surface area contributed by atoms with Crippen molar-refractivity contribution in [3.05, 3.63) is 137 Å². The van der Waals surface area contributed by atoms with E-state index in [1.165, 1.54) is 0 Å². The minimum atomic E-state index is -0.481. The van der Waals surface area contributed by atoms with Crippen LogP contribution in [0.2, 0.25) is 0 Å². The first kappa shape index (κ1) is 30.2. The number of aromatic nitrogens is 1. The largest absolute Gasteiger partial charge is 0.467 e. The van der Waals surface area contributed by atoms with Crippen molar-refractivity contribution in [1.29, 1.82) is 0 Å². The molecule has 0 N–H and O–H groups in total. The maximum atomic E-state index is 14.0. The second kappa shape index (κ2) is 14.7. The van der Waals surface area contributed by atoms with Gasteiger partial charge in [0.2, 0.25) is 0 Å². The molecule has 1 heterocycles. The van der Waals surface area contributed by atoms with Crippen molar-refractivity contribution in [2.24, 2.45) is 0 Å². The fourth-order valence-corrected chi connectivity index (χ4v) is 4.87. The Morgan fingerprint density at radius 3 is 2.00 bits per heavy atom. The van der Waals surface area contributed by atoms with Crippen LogP contribution in [0, 0.1) is 18.8 Å². The van der Waals surface area contributed by atoms with Gasteiger partial charge in [-0.1, -0.05) is 84.6 Å². The number of hydrogen-bond donors (Lipinski definition) is 0. The van der Waals surface area contributed by atoms with Crippen molar-refractivity contribution in [3.8, 4) is 40.3 Å². The molecule has 0 amide bonds. The first-order valence-electron chi connectivity index (χ1n) is 14.1. The lowest BCUT2D eigenvalue weighted by molar-refractivity contribution is 0.0471. The molecular weight excluding hydrogens is 554 g/mol. The highest BCUT2D eigenvalue weighted by molar-refractivity contribution is 5.98. The SMILES string of the molecule is COCOc1ccccc1C#Cc1c(C(=O)OCc2ccccc2)c(C)n(-c2ccccc2)c1-c1ccccc1OCOC. The van der Waals surface area contributed by atoms with Crippen molar-refractivity contribution >= 4 is 5.97 Å². The fraction of sp³-hybridized carbons (Fsp3) is 0.162. The van der Waals surface area contributed by atoms with Crippen LogP contribution >= 0.6 is 0 Å². The maximum absolute atomic E-state index is 14.0. The Labute approximate surface area is 257 Å². The van der Waals surface area contributed by atoms with E-state index in [0.29, 0.717) is 39.6 Å². The molecule has 0 aliphatic heterocycles. The zero-order valence-corrected chi connectivity index (χ0v) is 24.9. The number of nitrogens with zero attached hydrogens (tertiary/aromatic N) is 1. The van der Waals surface area contributed by atoms with Gasteiger partial charge in [-0.3, -0.25) is 0 Å². The predicted molar refractivity (Wildman–Crippen MR) is 169 cm³/mol. The molecule has 0 aliphatic carbocycles. The fourth-order valence-electron chi connectivity index (χ4n) is 4.87. The molecule has 0 fully saturated rings. The smallest absolute Gasteiger partial charge is 0.341 e. The Bertz CT molecular complexity index is 1770. The number of benzene rings is 4. The molecule has 44 heavy (non-hydrogen) atoms. The number of rotatable bonds is 11. The van der Waals surface area contributed by atoms with E-state index in [1.807, 2.05) is 121 Å². The monoisotopic (exact) mass is 587 g/mol. The summed E-state index contributed by atoms with van der Waals surface area (Å²) in [6, 6.07) is 34.5. The molecule has 0 bridgehead atoms. The van der Waals surface area contributed by atoms with Gasteiger partial charge >= 0.3 is 5.97 Å². The number of para-hydroxylation sites is 3. The molecule has 0 atom stereocenters. The minimum absolute atomic E-state index is 0.0548. The lowest BCUT2D eigenvalue weighted by Gasteiger charge is -2.16. The van der Waals surface area contributed by atoms with Gasteiger partial charge in [0, 0.05) is 31.2 Å². The van der Waals surface area contributed by atoms with Crippen LogP contribution < -0.4 is 9.47 Å². The van der Waals surface area contributed by atoms with Crippen molar-refractivity contribution < 1.29 is 28.5 Å².